The monoisotopic (exact) mass is 210 g/mol. The van der Waals surface area contributed by atoms with Crippen molar-refractivity contribution in [2.45, 2.75) is 30.8 Å². The summed E-state index contributed by atoms with van der Waals surface area (Å²) in [4.78, 5) is 0. The Balaban J connectivity index is 2.32. The maximum atomic E-state index is 8.85. The molecule has 0 bridgehead atoms. The standard InChI is InChI=1S/C12H18OS/c1-2-12(8-9-13)14-10-11-6-4-3-5-7-11/h3-7,12-13H,2,8-10H2,1H3. The van der Waals surface area contributed by atoms with Crippen LogP contribution in [-0.4, -0.2) is 17.0 Å². The molecular weight excluding hydrogens is 192 g/mol. The van der Waals surface area contributed by atoms with Crippen LogP contribution in [0.3, 0.4) is 0 Å². The third kappa shape index (κ3) is 4.16. The van der Waals surface area contributed by atoms with Crippen LogP contribution in [0.2, 0.25) is 0 Å². The van der Waals surface area contributed by atoms with Gasteiger partial charge in [0, 0.05) is 17.6 Å². The molecule has 14 heavy (non-hydrogen) atoms. The third-order valence-electron chi connectivity index (χ3n) is 2.23. The SMILES string of the molecule is CCC(CCO)SCc1ccccc1. The zero-order valence-electron chi connectivity index (χ0n) is 8.65. The molecule has 0 spiro atoms. The Labute approximate surface area is 90.5 Å². The van der Waals surface area contributed by atoms with E-state index in [2.05, 4.69) is 31.2 Å². The summed E-state index contributed by atoms with van der Waals surface area (Å²) in [6.07, 6.45) is 2.05. The first-order chi connectivity index (χ1) is 6.86. The molecule has 0 aromatic heterocycles. The van der Waals surface area contributed by atoms with Crippen molar-refractivity contribution < 1.29 is 5.11 Å². The second-order valence-corrected chi connectivity index (χ2v) is 4.63. The average molecular weight is 210 g/mol. The van der Waals surface area contributed by atoms with Crippen molar-refractivity contribution >= 4 is 11.8 Å². The Morgan fingerprint density at radius 2 is 2.00 bits per heavy atom. The fourth-order valence-corrected chi connectivity index (χ4v) is 2.47. The first-order valence-electron chi connectivity index (χ1n) is 5.13. The Kier molecular flexibility index (Phi) is 5.72. The van der Waals surface area contributed by atoms with Crippen LogP contribution in [0.5, 0.6) is 0 Å². The lowest BCUT2D eigenvalue weighted by molar-refractivity contribution is 0.286. The molecule has 0 saturated heterocycles. The number of thioether (sulfide) groups is 1. The molecular formula is C12H18OS. The van der Waals surface area contributed by atoms with E-state index in [-0.39, 0.29) is 0 Å². The molecule has 0 radical (unpaired) electrons. The van der Waals surface area contributed by atoms with Crippen LogP contribution in [0, 0.1) is 0 Å². The number of rotatable bonds is 6. The largest absolute Gasteiger partial charge is 0.396 e. The van der Waals surface area contributed by atoms with Crippen LogP contribution < -0.4 is 0 Å². The van der Waals surface area contributed by atoms with Gasteiger partial charge in [-0.3, -0.25) is 0 Å². The summed E-state index contributed by atoms with van der Waals surface area (Å²) in [6.45, 7) is 2.48. The molecule has 1 N–H and O–H groups in total. The van der Waals surface area contributed by atoms with E-state index in [0.717, 1.165) is 18.6 Å². The summed E-state index contributed by atoms with van der Waals surface area (Å²) in [5, 5.41) is 9.45. The lowest BCUT2D eigenvalue weighted by atomic mass is 10.2. The van der Waals surface area contributed by atoms with Gasteiger partial charge < -0.3 is 5.11 Å². The summed E-state index contributed by atoms with van der Waals surface area (Å²) in [5.41, 5.74) is 1.37. The first-order valence-corrected chi connectivity index (χ1v) is 6.18. The van der Waals surface area contributed by atoms with Crippen LogP contribution in [0.25, 0.3) is 0 Å². The zero-order chi connectivity index (χ0) is 10.2. The van der Waals surface area contributed by atoms with Gasteiger partial charge in [0.2, 0.25) is 0 Å². The summed E-state index contributed by atoms with van der Waals surface area (Å²) in [5.74, 6) is 1.05. The van der Waals surface area contributed by atoms with Crippen LogP contribution in [0.1, 0.15) is 25.3 Å². The molecule has 0 aliphatic carbocycles. The van der Waals surface area contributed by atoms with Crippen molar-refractivity contribution in [2.75, 3.05) is 6.61 Å². The Bertz CT molecular complexity index is 235. The highest BCUT2D eigenvalue weighted by Gasteiger charge is 2.05. The van der Waals surface area contributed by atoms with E-state index in [1.165, 1.54) is 5.56 Å². The number of hydrogen-bond acceptors (Lipinski definition) is 2. The molecule has 0 aliphatic heterocycles. The second-order valence-electron chi connectivity index (χ2n) is 3.34. The van der Waals surface area contributed by atoms with E-state index in [9.17, 15) is 0 Å². The van der Waals surface area contributed by atoms with Crippen molar-refractivity contribution in [1.82, 2.24) is 0 Å². The minimum atomic E-state index is 0.306. The molecule has 1 aromatic carbocycles. The van der Waals surface area contributed by atoms with E-state index in [1.807, 2.05) is 17.8 Å². The zero-order valence-corrected chi connectivity index (χ0v) is 9.46. The first kappa shape index (κ1) is 11.6. The second kappa shape index (κ2) is 6.91. The van der Waals surface area contributed by atoms with Gasteiger partial charge in [-0.1, -0.05) is 37.3 Å². The molecule has 2 heteroatoms. The Morgan fingerprint density at radius 3 is 2.57 bits per heavy atom. The summed E-state index contributed by atoms with van der Waals surface area (Å²) < 4.78 is 0. The molecule has 0 amide bonds. The predicted molar refractivity (Wildman–Crippen MR) is 63.5 cm³/mol. The summed E-state index contributed by atoms with van der Waals surface area (Å²) >= 11 is 1.94. The highest BCUT2D eigenvalue weighted by Crippen LogP contribution is 2.22. The molecule has 1 aromatic rings. The molecule has 0 saturated carbocycles. The van der Waals surface area contributed by atoms with E-state index in [0.29, 0.717) is 11.9 Å². The van der Waals surface area contributed by atoms with Gasteiger partial charge in [-0.25, -0.2) is 0 Å². The van der Waals surface area contributed by atoms with Gasteiger partial charge in [-0.15, -0.1) is 0 Å². The molecule has 1 rings (SSSR count). The highest BCUT2D eigenvalue weighted by atomic mass is 32.2. The van der Waals surface area contributed by atoms with E-state index in [1.54, 1.807) is 0 Å². The molecule has 1 unspecified atom stereocenters. The fraction of sp³-hybridized carbons (Fsp3) is 0.500. The Hall–Kier alpha value is -0.470. The number of benzene rings is 1. The van der Waals surface area contributed by atoms with Gasteiger partial charge in [-0.05, 0) is 18.4 Å². The molecule has 0 fully saturated rings. The van der Waals surface area contributed by atoms with E-state index >= 15 is 0 Å². The van der Waals surface area contributed by atoms with Crippen LogP contribution in [0.4, 0.5) is 0 Å². The lowest BCUT2D eigenvalue weighted by Gasteiger charge is -2.12. The van der Waals surface area contributed by atoms with Gasteiger partial charge in [0.05, 0.1) is 0 Å². The quantitative estimate of drug-likeness (QED) is 0.778. The van der Waals surface area contributed by atoms with Crippen LogP contribution in [-0.2, 0) is 5.75 Å². The average Bonchev–Trinajstić information content (AvgIpc) is 2.25. The van der Waals surface area contributed by atoms with Crippen LogP contribution in [0.15, 0.2) is 30.3 Å². The molecule has 0 heterocycles. The fourth-order valence-electron chi connectivity index (χ4n) is 1.34. The van der Waals surface area contributed by atoms with Crippen molar-refractivity contribution in [3.63, 3.8) is 0 Å². The number of aliphatic hydroxyl groups excluding tert-OH is 1. The normalized spacial score (nSPS) is 12.7. The van der Waals surface area contributed by atoms with E-state index < -0.39 is 0 Å². The van der Waals surface area contributed by atoms with Crippen molar-refractivity contribution in [3.05, 3.63) is 35.9 Å². The smallest absolute Gasteiger partial charge is 0.0441 e. The maximum absolute atomic E-state index is 8.85. The van der Waals surface area contributed by atoms with Crippen molar-refractivity contribution in [1.29, 1.82) is 0 Å². The molecule has 0 aliphatic rings. The highest BCUT2D eigenvalue weighted by molar-refractivity contribution is 7.99. The van der Waals surface area contributed by atoms with Crippen molar-refractivity contribution in [2.24, 2.45) is 0 Å². The van der Waals surface area contributed by atoms with Crippen LogP contribution >= 0.6 is 11.8 Å². The third-order valence-corrected chi connectivity index (χ3v) is 3.78. The minimum absolute atomic E-state index is 0.306. The van der Waals surface area contributed by atoms with Gasteiger partial charge >= 0.3 is 0 Å². The number of aliphatic hydroxyl groups is 1. The van der Waals surface area contributed by atoms with Gasteiger partial charge in [0.1, 0.15) is 0 Å². The maximum Gasteiger partial charge on any atom is 0.0441 e. The molecule has 78 valence electrons. The molecule has 1 nitrogen and oxygen atoms in total. The topological polar surface area (TPSA) is 20.2 Å². The number of hydrogen-bond donors (Lipinski definition) is 1. The van der Waals surface area contributed by atoms with Crippen molar-refractivity contribution in [3.8, 4) is 0 Å². The van der Waals surface area contributed by atoms with Gasteiger partial charge in [-0.2, -0.15) is 11.8 Å². The van der Waals surface area contributed by atoms with Gasteiger partial charge in [0.25, 0.3) is 0 Å². The lowest BCUT2D eigenvalue weighted by Crippen LogP contribution is -2.03. The van der Waals surface area contributed by atoms with Gasteiger partial charge in [0.15, 0.2) is 0 Å². The predicted octanol–water partition coefficient (Wildman–Crippen LogP) is 3.08. The summed E-state index contributed by atoms with van der Waals surface area (Å²) in [7, 11) is 0. The Morgan fingerprint density at radius 1 is 1.29 bits per heavy atom. The molecule has 1 atom stereocenters. The summed E-state index contributed by atoms with van der Waals surface area (Å²) in [6, 6.07) is 10.5. The van der Waals surface area contributed by atoms with E-state index in [4.69, 9.17) is 5.11 Å². The minimum Gasteiger partial charge on any atom is -0.396 e.